The highest BCUT2D eigenvalue weighted by Gasteiger charge is 2.31. The Bertz CT molecular complexity index is 966. The van der Waals surface area contributed by atoms with Crippen molar-refractivity contribution in [1.82, 2.24) is 15.2 Å². The molecule has 2 amide bonds. The van der Waals surface area contributed by atoms with Gasteiger partial charge in [0.15, 0.2) is 5.13 Å². The minimum absolute atomic E-state index is 0. The number of unbranched alkanes of at least 4 members (excludes halogenated alkanes) is 1. The van der Waals surface area contributed by atoms with E-state index in [1.807, 2.05) is 17.9 Å². The van der Waals surface area contributed by atoms with Gasteiger partial charge in [-0.05, 0) is 45.2 Å². The number of aryl methyl sites for hydroxylation is 1. The molecule has 2 aromatic rings. The minimum atomic E-state index is -0.780. The van der Waals surface area contributed by atoms with Crippen LogP contribution in [0, 0.1) is 6.92 Å². The summed E-state index contributed by atoms with van der Waals surface area (Å²) in [6.45, 7) is 3.91. The standard InChI is InChI=1S/C21H27ClN4O4S2.ClH/c1-13-14(20(30)25-21-24-12-17(22)32-21)11-16(31-13)15-5-4-10-26(15)18(27)7-9-23-8-3-2-6-19(28)29;/h11-12,15,23H,2-10H2,1H3,(H,28,29)(H,24,25,30);1H. The summed E-state index contributed by atoms with van der Waals surface area (Å²) in [6, 6.07) is 1.89. The zero-order valence-electron chi connectivity index (χ0n) is 18.3. The second-order valence-electron chi connectivity index (χ2n) is 7.64. The number of amides is 2. The number of thiazole rings is 1. The molecule has 1 fully saturated rings. The number of carbonyl (C=O) groups excluding carboxylic acids is 2. The van der Waals surface area contributed by atoms with Crippen molar-refractivity contribution in [2.45, 2.75) is 51.5 Å². The molecule has 0 aromatic carbocycles. The average molecular weight is 536 g/mol. The van der Waals surface area contributed by atoms with E-state index in [0.717, 1.165) is 35.6 Å². The molecule has 0 aliphatic carbocycles. The molecular weight excluding hydrogens is 507 g/mol. The highest BCUT2D eigenvalue weighted by molar-refractivity contribution is 7.19. The summed E-state index contributed by atoms with van der Waals surface area (Å²) in [5, 5.41) is 15.1. The first kappa shape index (κ1) is 27.5. The first-order valence-electron chi connectivity index (χ1n) is 10.6. The molecule has 2 aromatic heterocycles. The van der Waals surface area contributed by atoms with Crippen LogP contribution in [0.25, 0.3) is 0 Å². The van der Waals surface area contributed by atoms with Crippen LogP contribution in [0.15, 0.2) is 12.3 Å². The van der Waals surface area contributed by atoms with E-state index in [1.165, 1.54) is 17.5 Å². The predicted octanol–water partition coefficient (Wildman–Crippen LogP) is 4.74. The van der Waals surface area contributed by atoms with Crippen molar-refractivity contribution < 1.29 is 19.5 Å². The van der Waals surface area contributed by atoms with Crippen LogP contribution in [0.3, 0.4) is 0 Å². The average Bonchev–Trinajstić information content (AvgIpc) is 3.46. The fraction of sp³-hybridized carbons (Fsp3) is 0.524. The fourth-order valence-corrected chi connectivity index (χ4v) is 5.70. The highest BCUT2D eigenvalue weighted by Crippen LogP contribution is 2.38. The number of nitrogens with zero attached hydrogens (tertiary/aromatic N) is 2. The number of aromatic nitrogens is 1. The van der Waals surface area contributed by atoms with Crippen molar-refractivity contribution in [3.8, 4) is 0 Å². The molecule has 0 saturated carbocycles. The number of aliphatic carboxylic acids is 1. The van der Waals surface area contributed by atoms with Gasteiger partial charge in [-0.3, -0.25) is 19.7 Å². The Balaban J connectivity index is 0.00000385. The van der Waals surface area contributed by atoms with Crippen molar-refractivity contribution in [3.63, 3.8) is 0 Å². The Hall–Kier alpha value is -1.72. The zero-order chi connectivity index (χ0) is 23.1. The summed E-state index contributed by atoms with van der Waals surface area (Å²) in [5.41, 5.74) is 0.596. The van der Waals surface area contributed by atoms with Crippen LogP contribution in [0.2, 0.25) is 4.34 Å². The minimum Gasteiger partial charge on any atom is -0.481 e. The van der Waals surface area contributed by atoms with E-state index < -0.39 is 5.97 Å². The maximum absolute atomic E-state index is 12.8. The highest BCUT2D eigenvalue weighted by atomic mass is 35.5. The zero-order valence-corrected chi connectivity index (χ0v) is 21.5. The van der Waals surface area contributed by atoms with Crippen molar-refractivity contribution >= 4 is 69.6 Å². The molecule has 1 aliphatic heterocycles. The molecule has 1 unspecified atom stereocenters. The Labute approximate surface area is 212 Å². The molecule has 182 valence electrons. The quantitative estimate of drug-likeness (QED) is 0.359. The van der Waals surface area contributed by atoms with E-state index in [1.54, 1.807) is 11.3 Å². The Morgan fingerprint density at radius 3 is 2.73 bits per heavy atom. The molecule has 8 nitrogen and oxygen atoms in total. The summed E-state index contributed by atoms with van der Waals surface area (Å²) in [6.07, 6.45) is 5.31. The van der Waals surface area contributed by atoms with Crippen molar-refractivity contribution in [2.24, 2.45) is 0 Å². The number of nitrogens with one attached hydrogen (secondary N) is 2. The second kappa shape index (κ2) is 13.2. The maximum Gasteiger partial charge on any atom is 0.303 e. The Morgan fingerprint density at radius 2 is 2.03 bits per heavy atom. The van der Waals surface area contributed by atoms with Gasteiger partial charge >= 0.3 is 5.97 Å². The fourth-order valence-electron chi connectivity index (χ4n) is 3.72. The predicted molar refractivity (Wildman–Crippen MR) is 134 cm³/mol. The molecule has 1 saturated heterocycles. The number of rotatable bonds is 11. The number of hydrogen-bond donors (Lipinski definition) is 3. The molecule has 3 heterocycles. The number of carboxylic acids is 1. The molecule has 0 spiro atoms. The Morgan fingerprint density at radius 1 is 1.24 bits per heavy atom. The Kier molecular flexibility index (Phi) is 11.0. The number of thiophene rings is 1. The van der Waals surface area contributed by atoms with Gasteiger partial charge < -0.3 is 15.3 Å². The second-order valence-corrected chi connectivity index (χ2v) is 10.6. The monoisotopic (exact) mass is 534 g/mol. The summed E-state index contributed by atoms with van der Waals surface area (Å²) in [5.74, 6) is -0.906. The van der Waals surface area contributed by atoms with Gasteiger partial charge in [0.25, 0.3) is 5.91 Å². The molecule has 3 N–H and O–H groups in total. The van der Waals surface area contributed by atoms with E-state index in [2.05, 4.69) is 15.6 Å². The first-order chi connectivity index (χ1) is 15.3. The maximum atomic E-state index is 12.8. The van der Waals surface area contributed by atoms with Crippen LogP contribution in [-0.2, 0) is 9.59 Å². The van der Waals surface area contributed by atoms with Crippen LogP contribution in [0.4, 0.5) is 5.13 Å². The van der Waals surface area contributed by atoms with Gasteiger partial charge in [-0.15, -0.1) is 23.7 Å². The van der Waals surface area contributed by atoms with E-state index in [-0.39, 0.29) is 36.7 Å². The topological polar surface area (TPSA) is 112 Å². The van der Waals surface area contributed by atoms with Gasteiger partial charge in [0, 0.05) is 35.7 Å². The molecular formula is C21H28Cl2N4O4S2. The van der Waals surface area contributed by atoms with Crippen LogP contribution >= 0.6 is 46.7 Å². The SMILES string of the molecule is Cc1sc(C2CCCN2C(=O)CCNCCCCC(=O)O)cc1C(=O)Nc1ncc(Cl)s1.Cl. The molecule has 1 aliphatic rings. The third-order valence-electron chi connectivity index (χ3n) is 5.29. The summed E-state index contributed by atoms with van der Waals surface area (Å²) < 4.78 is 0.512. The van der Waals surface area contributed by atoms with Crippen molar-refractivity contribution in [1.29, 1.82) is 0 Å². The van der Waals surface area contributed by atoms with Gasteiger partial charge in [0.05, 0.1) is 17.8 Å². The van der Waals surface area contributed by atoms with Gasteiger partial charge in [0.1, 0.15) is 4.34 Å². The van der Waals surface area contributed by atoms with E-state index in [0.29, 0.717) is 41.0 Å². The number of anilines is 1. The molecule has 33 heavy (non-hydrogen) atoms. The summed E-state index contributed by atoms with van der Waals surface area (Å²) >= 11 is 8.64. The van der Waals surface area contributed by atoms with Crippen LogP contribution in [-0.4, -0.2) is 52.4 Å². The van der Waals surface area contributed by atoms with E-state index in [4.69, 9.17) is 16.7 Å². The third kappa shape index (κ3) is 7.92. The summed E-state index contributed by atoms with van der Waals surface area (Å²) in [4.78, 5) is 43.9. The van der Waals surface area contributed by atoms with Crippen LogP contribution < -0.4 is 10.6 Å². The molecule has 12 heteroatoms. The molecule has 1 atom stereocenters. The lowest BCUT2D eigenvalue weighted by Crippen LogP contribution is -2.32. The van der Waals surface area contributed by atoms with E-state index in [9.17, 15) is 14.4 Å². The van der Waals surface area contributed by atoms with Crippen molar-refractivity contribution in [3.05, 3.63) is 31.9 Å². The number of hydrogen-bond acceptors (Lipinski definition) is 7. The third-order valence-corrected chi connectivity index (χ3v) is 7.47. The van der Waals surface area contributed by atoms with Gasteiger partial charge in [0.2, 0.25) is 5.91 Å². The van der Waals surface area contributed by atoms with Crippen molar-refractivity contribution in [2.75, 3.05) is 25.0 Å². The van der Waals surface area contributed by atoms with E-state index >= 15 is 0 Å². The number of carbonyl (C=O) groups is 3. The number of likely N-dealkylation sites (tertiary alicyclic amines) is 1. The number of carboxylic acid groups (broad SMARTS) is 1. The van der Waals surface area contributed by atoms with Gasteiger partial charge in [-0.25, -0.2) is 4.98 Å². The molecule has 0 radical (unpaired) electrons. The summed E-state index contributed by atoms with van der Waals surface area (Å²) in [7, 11) is 0. The molecule has 0 bridgehead atoms. The van der Waals surface area contributed by atoms with Crippen LogP contribution in [0.5, 0.6) is 0 Å². The van der Waals surface area contributed by atoms with Crippen LogP contribution in [0.1, 0.15) is 64.7 Å². The lowest BCUT2D eigenvalue weighted by atomic mass is 10.1. The first-order valence-corrected chi connectivity index (χ1v) is 12.6. The lowest BCUT2D eigenvalue weighted by Gasteiger charge is -2.24. The number of halogens is 2. The smallest absolute Gasteiger partial charge is 0.303 e. The largest absolute Gasteiger partial charge is 0.481 e. The normalized spacial score (nSPS) is 15.3. The lowest BCUT2D eigenvalue weighted by molar-refractivity contribution is -0.137. The van der Waals surface area contributed by atoms with Gasteiger partial charge in [-0.2, -0.15) is 0 Å². The van der Waals surface area contributed by atoms with Gasteiger partial charge in [-0.1, -0.05) is 22.9 Å². The molecule has 3 rings (SSSR count).